The molecule has 26 heavy (non-hydrogen) atoms. The Balaban J connectivity index is 0.00000117. The number of pyridine rings is 1. The number of ether oxygens (including phenoxy) is 1. The van der Waals surface area contributed by atoms with E-state index in [-0.39, 0.29) is 11.1 Å². The number of hydrogen-bond donors (Lipinski definition) is 1. The minimum atomic E-state index is -2.94. The minimum absolute atomic E-state index is 0.103. The van der Waals surface area contributed by atoms with E-state index in [4.69, 9.17) is 4.74 Å². The van der Waals surface area contributed by atoms with E-state index >= 15 is 0 Å². The first-order chi connectivity index (χ1) is 12.4. The summed E-state index contributed by atoms with van der Waals surface area (Å²) in [4.78, 5) is 4.19. The fourth-order valence-corrected chi connectivity index (χ4v) is 2.83. The van der Waals surface area contributed by atoms with Crippen molar-refractivity contribution < 1.29 is 23.0 Å². The van der Waals surface area contributed by atoms with E-state index in [1.54, 1.807) is 0 Å². The van der Waals surface area contributed by atoms with E-state index in [0.29, 0.717) is 23.6 Å². The fraction of sp³-hybridized carbons (Fsp3) is 0.450. The standard InChI is InChI=1S/C18H18F3NO2.C2H6/c1-3-18(2)9-24-16-12(18)8-13(15(23)17(20)21)22-14(16)10-4-6-11(19)7-5-10;1-2/h4-8,15,17,23H,3,9H2,1-2H3;1-2H3. The molecule has 0 amide bonds. The van der Waals surface area contributed by atoms with Crippen molar-refractivity contribution in [1.82, 2.24) is 4.98 Å². The van der Waals surface area contributed by atoms with Crippen LogP contribution in [-0.2, 0) is 5.41 Å². The molecule has 0 fully saturated rings. The molecule has 0 aliphatic carbocycles. The van der Waals surface area contributed by atoms with Crippen LogP contribution < -0.4 is 4.74 Å². The van der Waals surface area contributed by atoms with Gasteiger partial charge in [-0.05, 0) is 36.8 Å². The number of nitrogens with zero attached hydrogens (tertiary/aromatic N) is 1. The molecule has 6 heteroatoms. The monoisotopic (exact) mass is 367 g/mol. The number of aromatic nitrogens is 1. The molecule has 142 valence electrons. The first kappa shape index (κ1) is 20.2. The molecule has 1 aromatic heterocycles. The molecule has 0 bridgehead atoms. The smallest absolute Gasteiger partial charge is 0.269 e. The van der Waals surface area contributed by atoms with Crippen LogP contribution in [0.4, 0.5) is 13.2 Å². The molecule has 1 aliphatic rings. The van der Waals surface area contributed by atoms with Gasteiger partial charge in [0.05, 0.1) is 12.3 Å². The highest BCUT2D eigenvalue weighted by Crippen LogP contribution is 2.46. The molecule has 1 N–H and O–H groups in total. The normalized spacial score (nSPS) is 19.4. The largest absolute Gasteiger partial charge is 0.490 e. The van der Waals surface area contributed by atoms with Gasteiger partial charge in [0.2, 0.25) is 0 Å². The molecule has 1 aromatic carbocycles. The molecule has 2 aromatic rings. The van der Waals surface area contributed by atoms with Crippen LogP contribution in [0.5, 0.6) is 5.75 Å². The van der Waals surface area contributed by atoms with E-state index in [2.05, 4.69) is 4.98 Å². The van der Waals surface area contributed by atoms with E-state index < -0.39 is 18.3 Å². The van der Waals surface area contributed by atoms with Crippen LogP contribution >= 0.6 is 0 Å². The highest BCUT2D eigenvalue weighted by atomic mass is 19.3. The average molecular weight is 367 g/mol. The minimum Gasteiger partial charge on any atom is -0.490 e. The third kappa shape index (κ3) is 3.70. The highest BCUT2D eigenvalue weighted by molar-refractivity contribution is 5.70. The van der Waals surface area contributed by atoms with Crippen LogP contribution in [0.3, 0.4) is 0 Å². The van der Waals surface area contributed by atoms with Crippen molar-refractivity contribution in [2.24, 2.45) is 0 Å². The van der Waals surface area contributed by atoms with Gasteiger partial charge < -0.3 is 9.84 Å². The van der Waals surface area contributed by atoms with Crippen molar-refractivity contribution in [3.63, 3.8) is 0 Å². The van der Waals surface area contributed by atoms with Crippen molar-refractivity contribution in [3.05, 3.63) is 47.4 Å². The molecule has 2 unspecified atom stereocenters. The van der Waals surface area contributed by atoms with Gasteiger partial charge in [-0.15, -0.1) is 0 Å². The van der Waals surface area contributed by atoms with Crippen molar-refractivity contribution in [2.75, 3.05) is 6.61 Å². The molecule has 3 rings (SSSR count). The van der Waals surface area contributed by atoms with Crippen LogP contribution in [0, 0.1) is 5.82 Å². The summed E-state index contributed by atoms with van der Waals surface area (Å²) in [6.07, 6.45) is -4.17. The zero-order valence-corrected chi connectivity index (χ0v) is 15.4. The topological polar surface area (TPSA) is 42.4 Å². The van der Waals surface area contributed by atoms with Crippen LogP contribution in [0.15, 0.2) is 30.3 Å². The third-order valence-electron chi connectivity index (χ3n) is 4.62. The van der Waals surface area contributed by atoms with Gasteiger partial charge in [-0.3, -0.25) is 0 Å². The Morgan fingerprint density at radius 1 is 1.23 bits per heavy atom. The fourth-order valence-electron chi connectivity index (χ4n) is 2.83. The Bertz CT molecular complexity index is 749. The van der Waals surface area contributed by atoms with Crippen LogP contribution in [0.1, 0.15) is 51.5 Å². The molecular weight excluding hydrogens is 343 g/mol. The Labute approximate surface area is 151 Å². The molecule has 1 aliphatic heterocycles. The Hall–Kier alpha value is -2.08. The van der Waals surface area contributed by atoms with Gasteiger partial charge in [0.15, 0.2) is 6.10 Å². The predicted molar refractivity (Wildman–Crippen MR) is 95.1 cm³/mol. The second-order valence-corrected chi connectivity index (χ2v) is 6.26. The van der Waals surface area contributed by atoms with Crippen LogP contribution in [0.25, 0.3) is 11.3 Å². The molecule has 0 radical (unpaired) electrons. The maximum atomic E-state index is 13.2. The zero-order chi connectivity index (χ0) is 19.5. The quantitative estimate of drug-likeness (QED) is 0.800. The number of aliphatic hydroxyl groups is 1. The maximum absolute atomic E-state index is 13.2. The molecule has 0 saturated heterocycles. The van der Waals surface area contributed by atoms with Gasteiger partial charge in [-0.2, -0.15) is 0 Å². The number of hydrogen-bond acceptors (Lipinski definition) is 3. The van der Waals surface area contributed by atoms with Crippen molar-refractivity contribution >= 4 is 0 Å². The lowest BCUT2D eigenvalue weighted by atomic mass is 9.81. The summed E-state index contributed by atoms with van der Waals surface area (Å²) in [6.45, 7) is 8.37. The zero-order valence-electron chi connectivity index (χ0n) is 15.4. The number of aliphatic hydroxyl groups excluding tert-OH is 1. The molecule has 0 saturated carbocycles. The highest BCUT2D eigenvalue weighted by Gasteiger charge is 2.38. The Morgan fingerprint density at radius 3 is 2.38 bits per heavy atom. The SMILES string of the molecule is CC.CCC1(C)COc2c1cc(C(O)C(F)F)nc2-c1ccc(F)cc1. The molecule has 3 nitrogen and oxygen atoms in total. The molecular formula is C20H24F3NO2. The van der Waals surface area contributed by atoms with Gasteiger partial charge in [-0.25, -0.2) is 18.2 Å². The average Bonchev–Trinajstić information content (AvgIpc) is 3.00. The number of alkyl halides is 2. The lowest BCUT2D eigenvalue weighted by molar-refractivity contribution is -0.00821. The van der Waals surface area contributed by atoms with Crippen molar-refractivity contribution in [3.8, 4) is 17.0 Å². The summed E-state index contributed by atoms with van der Waals surface area (Å²) < 4.78 is 44.9. The number of rotatable bonds is 4. The summed E-state index contributed by atoms with van der Waals surface area (Å²) in [5.74, 6) is 0.106. The van der Waals surface area contributed by atoms with E-state index in [1.165, 1.54) is 30.3 Å². The summed E-state index contributed by atoms with van der Waals surface area (Å²) in [5, 5.41) is 9.77. The molecule has 2 heterocycles. The van der Waals surface area contributed by atoms with Crippen molar-refractivity contribution in [1.29, 1.82) is 0 Å². The third-order valence-corrected chi connectivity index (χ3v) is 4.62. The summed E-state index contributed by atoms with van der Waals surface area (Å²) in [5.41, 5.74) is 1.20. The molecule has 2 atom stereocenters. The lowest BCUT2D eigenvalue weighted by Gasteiger charge is -2.21. The van der Waals surface area contributed by atoms with Gasteiger partial charge in [-0.1, -0.05) is 27.7 Å². The lowest BCUT2D eigenvalue weighted by Crippen LogP contribution is -2.22. The van der Waals surface area contributed by atoms with Gasteiger partial charge in [0, 0.05) is 16.5 Å². The van der Waals surface area contributed by atoms with Crippen LogP contribution in [0.2, 0.25) is 0 Å². The van der Waals surface area contributed by atoms with Crippen LogP contribution in [-0.4, -0.2) is 23.1 Å². The second kappa shape index (κ2) is 8.08. The number of fused-ring (bicyclic) bond motifs is 1. The number of benzene rings is 1. The van der Waals surface area contributed by atoms with Gasteiger partial charge in [0.25, 0.3) is 6.43 Å². The second-order valence-electron chi connectivity index (χ2n) is 6.26. The first-order valence-electron chi connectivity index (χ1n) is 8.76. The van der Waals surface area contributed by atoms with Gasteiger partial charge in [0.1, 0.15) is 17.3 Å². The predicted octanol–water partition coefficient (Wildman–Crippen LogP) is 5.27. The Morgan fingerprint density at radius 2 is 1.85 bits per heavy atom. The first-order valence-corrected chi connectivity index (χ1v) is 8.76. The van der Waals surface area contributed by atoms with E-state index in [0.717, 1.165) is 12.0 Å². The summed E-state index contributed by atoms with van der Waals surface area (Å²) >= 11 is 0. The van der Waals surface area contributed by atoms with E-state index in [1.807, 2.05) is 27.7 Å². The van der Waals surface area contributed by atoms with Gasteiger partial charge >= 0.3 is 0 Å². The van der Waals surface area contributed by atoms with Crippen molar-refractivity contribution in [2.45, 2.75) is 52.1 Å². The summed E-state index contributed by atoms with van der Waals surface area (Å²) in [6, 6.07) is 7.07. The molecule has 0 spiro atoms. The Kier molecular flexibility index (Phi) is 6.29. The van der Waals surface area contributed by atoms with E-state index in [9.17, 15) is 18.3 Å². The maximum Gasteiger partial charge on any atom is 0.269 e. The summed E-state index contributed by atoms with van der Waals surface area (Å²) in [7, 11) is 0. The number of halogens is 3.